The van der Waals surface area contributed by atoms with E-state index in [-0.39, 0.29) is 11.5 Å². The summed E-state index contributed by atoms with van der Waals surface area (Å²) in [6.45, 7) is 6.81. The first kappa shape index (κ1) is 13.7. The molecule has 1 aliphatic heterocycles. The monoisotopic (exact) mass is 271 g/mol. The molecule has 1 heterocycles. The number of nitrogens with zero attached hydrogens (tertiary/aromatic N) is 1. The summed E-state index contributed by atoms with van der Waals surface area (Å²) in [6, 6.07) is 8.88. The summed E-state index contributed by atoms with van der Waals surface area (Å²) in [4.78, 5) is 15.2. The van der Waals surface area contributed by atoms with Crippen molar-refractivity contribution in [1.82, 2.24) is 0 Å². The molecule has 2 atom stereocenters. The minimum absolute atomic E-state index is 0.0565. The summed E-state index contributed by atoms with van der Waals surface area (Å²) in [5.41, 5.74) is 2.55. The van der Waals surface area contributed by atoms with Crippen LogP contribution in [0.3, 0.4) is 0 Å². The van der Waals surface area contributed by atoms with Gasteiger partial charge in [0.1, 0.15) is 5.78 Å². The number of carbonyl (C=O) groups excluding carboxylic acids is 1. The lowest BCUT2D eigenvalue weighted by molar-refractivity contribution is -0.123. The highest BCUT2D eigenvalue weighted by molar-refractivity contribution is 5.88. The molecule has 0 saturated heterocycles. The second-order valence-electron chi connectivity index (χ2n) is 7.27. The fraction of sp³-hybridized carbons (Fsp3) is 0.611. The molecule has 0 radical (unpaired) electrons. The largest absolute Gasteiger partial charge is 0.363 e. The van der Waals surface area contributed by atoms with Gasteiger partial charge in [-0.3, -0.25) is 4.79 Å². The summed E-state index contributed by atoms with van der Waals surface area (Å²) in [5.74, 6) is 0.685. The Labute approximate surface area is 122 Å². The summed E-state index contributed by atoms with van der Waals surface area (Å²) in [6.07, 6.45) is 5.31. The quantitative estimate of drug-likeness (QED) is 0.711. The zero-order chi connectivity index (χ0) is 14.3. The Morgan fingerprint density at radius 3 is 2.55 bits per heavy atom. The molecule has 1 aromatic carbocycles. The van der Waals surface area contributed by atoms with Gasteiger partial charge in [-0.05, 0) is 45.2 Å². The smallest absolute Gasteiger partial charge is 0.142 e. The van der Waals surface area contributed by atoms with Crippen LogP contribution in [-0.4, -0.2) is 17.4 Å². The number of fused-ring (bicyclic) bond motifs is 2. The lowest BCUT2D eigenvalue weighted by Gasteiger charge is -2.47. The molecule has 1 saturated carbocycles. The van der Waals surface area contributed by atoms with Gasteiger partial charge in [-0.1, -0.05) is 31.0 Å². The van der Waals surface area contributed by atoms with E-state index < -0.39 is 0 Å². The Bertz CT molecular complexity index is 514. The third-order valence-electron chi connectivity index (χ3n) is 4.81. The molecular weight excluding hydrogens is 246 g/mol. The molecule has 1 aliphatic carbocycles. The van der Waals surface area contributed by atoms with Crippen molar-refractivity contribution in [3.8, 4) is 0 Å². The van der Waals surface area contributed by atoms with Gasteiger partial charge in [0.2, 0.25) is 0 Å². The zero-order valence-corrected chi connectivity index (χ0v) is 12.9. The third kappa shape index (κ3) is 2.25. The predicted molar refractivity (Wildman–Crippen MR) is 83.1 cm³/mol. The second kappa shape index (κ2) is 4.91. The first-order valence-electron chi connectivity index (χ1n) is 7.88. The van der Waals surface area contributed by atoms with Gasteiger partial charge in [0, 0.05) is 29.6 Å². The fourth-order valence-corrected chi connectivity index (χ4v) is 4.05. The van der Waals surface area contributed by atoms with Crippen LogP contribution in [-0.2, 0) is 11.2 Å². The van der Waals surface area contributed by atoms with Gasteiger partial charge in [0.15, 0.2) is 0 Å². The number of Topliss-reactive ketones (excluding diaryl/α,β-unsaturated/α-hetero) is 1. The lowest BCUT2D eigenvalue weighted by Crippen LogP contribution is -2.53. The highest BCUT2D eigenvalue weighted by Crippen LogP contribution is 2.41. The van der Waals surface area contributed by atoms with Crippen LogP contribution in [0, 0.1) is 5.92 Å². The van der Waals surface area contributed by atoms with Crippen molar-refractivity contribution in [2.75, 3.05) is 4.90 Å². The van der Waals surface area contributed by atoms with Gasteiger partial charge in [-0.25, -0.2) is 0 Å². The van der Waals surface area contributed by atoms with Crippen LogP contribution in [0.5, 0.6) is 0 Å². The van der Waals surface area contributed by atoms with E-state index in [9.17, 15) is 4.79 Å². The minimum atomic E-state index is 0.0565. The first-order chi connectivity index (χ1) is 9.48. The van der Waals surface area contributed by atoms with Crippen LogP contribution in [0.15, 0.2) is 24.3 Å². The molecular formula is C18H25NO. The second-order valence-corrected chi connectivity index (χ2v) is 7.27. The van der Waals surface area contributed by atoms with Crippen molar-refractivity contribution in [3.63, 3.8) is 0 Å². The van der Waals surface area contributed by atoms with Gasteiger partial charge in [0.05, 0.1) is 0 Å². The number of hydrogen-bond donors (Lipinski definition) is 0. The Morgan fingerprint density at radius 1 is 1.10 bits per heavy atom. The Hall–Kier alpha value is -1.31. The van der Waals surface area contributed by atoms with E-state index in [1.165, 1.54) is 24.1 Å². The van der Waals surface area contributed by atoms with Crippen molar-refractivity contribution in [2.24, 2.45) is 5.92 Å². The molecule has 0 amide bonds. The standard InChI is InChI=1S/C18H25NO/c1-18(2,3)19-15-10-6-4-8-13(15)12-17(20)14-9-5-7-11-16(14)19/h4,6,8,10,14,16H,5,7,9,11-12H2,1-3H3/t14-,16?/m0/s1. The molecule has 0 N–H and O–H groups in total. The number of benzene rings is 1. The maximum Gasteiger partial charge on any atom is 0.142 e. The van der Waals surface area contributed by atoms with Crippen LogP contribution < -0.4 is 4.90 Å². The average molecular weight is 271 g/mol. The van der Waals surface area contributed by atoms with Crippen molar-refractivity contribution in [2.45, 2.75) is 64.5 Å². The van der Waals surface area contributed by atoms with Crippen LogP contribution >= 0.6 is 0 Å². The molecule has 108 valence electrons. The Morgan fingerprint density at radius 2 is 1.80 bits per heavy atom. The van der Waals surface area contributed by atoms with Gasteiger partial charge in [-0.15, -0.1) is 0 Å². The molecule has 2 nitrogen and oxygen atoms in total. The number of ketones is 1. The molecule has 2 heteroatoms. The van der Waals surface area contributed by atoms with Gasteiger partial charge in [-0.2, -0.15) is 0 Å². The molecule has 1 unspecified atom stereocenters. The summed E-state index contributed by atoms with van der Waals surface area (Å²) in [5, 5.41) is 0. The van der Waals surface area contributed by atoms with E-state index in [0.717, 1.165) is 12.8 Å². The molecule has 1 aromatic rings. The number of rotatable bonds is 0. The predicted octanol–water partition coefficient (Wildman–Crippen LogP) is 3.98. The van der Waals surface area contributed by atoms with E-state index in [4.69, 9.17) is 0 Å². The van der Waals surface area contributed by atoms with Crippen molar-refractivity contribution in [1.29, 1.82) is 0 Å². The van der Waals surface area contributed by atoms with E-state index >= 15 is 0 Å². The zero-order valence-electron chi connectivity index (χ0n) is 12.9. The topological polar surface area (TPSA) is 20.3 Å². The van der Waals surface area contributed by atoms with Crippen LogP contribution in [0.4, 0.5) is 5.69 Å². The van der Waals surface area contributed by atoms with Crippen LogP contribution in [0.2, 0.25) is 0 Å². The average Bonchev–Trinajstić information content (AvgIpc) is 2.52. The third-order valence-corrected chi connectivity index (χ3v) is 4.81. The van der Waals surface area contributed by atoms with Gasteiger partial charge in [0.25, 0.3) is 0 Å². The molecule has 0 spiro atoms. The van der Waals surface area contributed by atoms with Crippen molar-refractivity contribution >= 4 is 11.5 Å². The highest BCUT2D eigenvalue weighted by Gasteiger charge is 2.41. The van der Waals surface area contributed by atoms with Crippen LogP contribution in [0.25, 0.3) is 0 Å². The number of anilines is 1. The normalized spacial score (nSPS) is 26.8. The number of hydrogen-bond acceptors (Lipinski definition) is 2. The van der Waals surface area contributed by atoms with Crippen molar-refractivity contribution in [3.05, 3.63) is 29.8 Å². The van der Waals surface area contributed by atoms with Gasteiger partial charge < -0.3 is 4.90 Å². The van der Waals surface area contributed by atoms with E-state index in [1.807, 2.05) is 0 Å². The first-order valence-corrected chi connectivity index (χ1v) is 7.88. The number of carbonyl (C=O) groups is 1. The van der Waals surface area contributed by atoms with Gasteiger partial charge >= 0.3 is 0 Å². The van der Waals surface area contributed by atoms with E-state index in [0.29, 0.717) is 18.2 Å². The molecule has 0 aromatic heterocycles. The van der Waals surface area contributed by atoms with Crippen molar-refractivity contribution < 1.29 is 4.79 Å². The minimum Gasteiger partial charge on any atom is -0.363 e. The highest BCUT2D eigenvalue weighted by atomic mass is 16.1. The molecule has 0 bridgehead atoms. The molecule has 2 aliphatic rings. The van der Waals surface area contributed by atoms with E-state index in [2.05, 4.69) is 49.9 Å². The molecule has 20 heavy (non-hydrogen) atoms. The van der Waals surface area contributed by atoms with E-state index in [1.54, 1.807) is 0 Å². The SMILES string of the molecule is CC(C)(C)N1c2ccccc2CC(=O)[C@H]2CCCCC21. The maximum atomic E-state index is 12.7. The van der Waals surface area contributed by atoms with Crippen LogP contribution in [0.1, 0.15) is 52.0 Å². The maximum absolute atomic E-state index is 12.7. The summed E-state index contributed by atoms with van der Waals surface area (Å²) < 4.78 is 0. The fourth-order valence-electron chi connectivity index (χ4n) is 4.05. The Kier molecular flexibility index (Phi) is 3.35. The summed E-state index contributed by atoms with van der Waals surface area (Å²) >= 11 is 0. The number of para-hydroxylation sites is 1. The molecule has 1 fully saturated rings. The summed E-state index contributed by atoms with van der Waals surface area (Å²) in [7, 11) is 0. The lowest BCUT2D eigenvalue weighted by atomic mass is 9.79. The molecule has 3 rings (SSSR count). The Balaban J connectivity index is 2.13.